The van der Waals surface area contributed by atoms with Gasteiger partial charge in [-0.3, -0.25) is 0 Å². The van der Waals surface area contributed by atoms with Crippen LogP contribution in [0, 0.1) is 0 Å². The van der Waals surface area contributed by atoms with E-state index in [1.807, 2.05) is 18.2 Å². The van der Waals surface area contributed by atoms with Gasteiger partial charge in [0.2, 0.25) is 0 Å². The van der Waals surface area contributed by atoms with Gasteiger partial charge in [-0.1, -0.05) is 54.6 Å². The SMILES string of the molecule is c1ccc(-c2nc3c(c(N4CCOCC4)n2)CCCc2ccccc2-3)cc1. The van der Waals surface area contributed by atoms with Crippen LogP contribution in [0.25, 0.3) is 22.6 Å². The average molecular weight is 357 g/mol. The van der Waals surface area contributed by atoms with E-state index in [0.717, 1.165) is 68.5 Å². The van der Waals surface area contributed by atoms with Crippen LogP contribution in [-0.2, 0) is 17.6 Å². The van der Waals surface area contributed by atoms with Crippen molar-refractivity contribution in [2.45, 2.75) is 19.3 Å². The van der Waals surface area contributed by atoms with Crippen molar-refractivity contribution in [3.8, 4) is 22.6 Å². The molecule has 0 unspecified atom stereocenters. The van der Waals surface area contributed by atoms with Gasteiger partial charge in [-0.05, 0) is 24.8 Å². The van der Waals surface area contributed by atoms with E-state index in [4.69, 9.17) is 14.7 Å². The van der Waals surface area contributed by atoms with Crippen molar-refractivity contribution < 1.29 is 4.74 Å². The van der Waals surface area contributed by atoms with Gasteiger partial charge in [0.25, 0.3) is 0 Å². The molecule has 0 spiro atoms. The van der Waals surface area contributed by atoms with Crippen LogP contribution in [0.15, 0.2) is 54.6 Å². The first kappa shape index (κ1) is 16.5. The van der Waals surface area contributed by atoms with Crippen LogP contribution in [0.5, 0.6) is 0 Å². The smallest absolute Gasteiger partial charge is 0.162 e. The molecule has 1 saturated heterocycles. The normalized spacial score (nSPS) is 16.4. The van der Waals surface area contributed by atoms with E-state index in [9.17, 15) is 0 Å². The number of anilines is 1. The van der Waals surface area contributed by atoms with Crippen LogP contribution in [-0.4, -0.2) is 36.3 Å². The van der Waals surface area contributed by atoms with Gasteiger partial charge < -0.3 is 9.64 Å². The van der Waals surface area contributed by atoms with E-state index in [1.165, 1.54) is 16.7 Å². The number of benzene rings is 2. The highest BCUT2D eigenvalue weighted by molar-refractivity contribution is 5.75. The first-order valence-electron chi connectivity index (χ1n) is 9.77. The van der Waals surface area contributed by atoms with E-state index in [2.05, 4.69) is 41.3 Å². The largest absolute Gasteiger partial charge is 0.378 e. The first-order chi connectivity index (χ1) is 13.4. The number of fused-ring (bicyclic) bond motifs is 3. The number of aromatic nitrogens is 2. The lowest BCUT2D eigenvalue weighted by molar-refractivity contribution is 0.122. The maximum absolute atomic E-state index is 5.58. The molecule has 1 aliphatic heterocycles. The van der Waals surface area contributed by atoms with Gasteiger partial charge in [0.15, 0.2) is 5.82 Å². The summed E-state index contributed by atoms with van der Waals surface area (Å²) >= 11 is 0. The Kier molecular flexibility index (Phi) is 4.34. The molecule has 0 atom stereocenters. The molecule has 2 aliphatic rings. The maximum Gasteiger partial charge on any atom is 0.162 e. The van der Waals surface area contributed by atoms with Crippen molar-refractivity contribution >= 4 is 5.82 Å². The van der Waals surface area contributed by atoms with Crippen molar-refractivity contribution in [2.75, 3.05) is 31.2 Å². The van der Waals surface area contributed by atoms with E-state index >= 15 is 0 Å². The average Bonchev–Trinajstić information content (AvgIpc) is 2.94. The molecule has 1 fully saturated rings. The second kappa shape index (κ2) is 7.12. The molecule has 0 radical (unpaired) electrons. The molecule has 3 aromatic rings. The predicted octanol–water partition coefficient (Wildman–Crippen LogP) is 4.14. The van der Waals surface area contributed by atoms with Crippen LogP contribution < -0.4 is 4.90 Å². The van der Waals surface area contributed by atoms with Gasteiger partial charge in [-0.2, -0.15) is 0 Å². The van der Waals surface area contributed by atoms with Crippen molar-refractivity contribution in [1.29, 1.82) is 0 Å². The Morgan fingerprint density at radius 1 is 0.815 bits per heavy atom. The molecule has 2 heterocycles. The molecule has 4 heteroatoms. The van der Waals surface area contributed by atoms with Gasteiger partial charge in [-0.25, -0.2) is 9.97 Å². The second-order valence-electron chi connectivity index (χ2n) is 7.17. The first-order valence-corrected chi connectivity index (χ1v) is 9.77. The Bertz CT molecular complexity index is 949. The van der Waals surface area contributed by atoms with E-state index in [1.54, 1.807) is 0 Å². The highest BCUT2D eigenvalue weighted by atomic mass is 16.5. The van der Waals surface area contributed by atoms with E-state index in [0.29, 0.717) is 0 Å². The zero-order valence-electron chi connectivity index (χ0n) is 15.4. The van der Waals surface area contributed by atoms with Crippen LogP contribution in [0.2, 0.25) is 0 Å². The van der Waals surface area contributed by atoms with Gasteiger partial charge in [-0.15, -0.1) is 0 Å². The highest BCUT2D eigenvalue weighted by Gasteiger charge is 2.25. The zero-order valence-corrected chi connectivity index (χ0v) is 15.4. The zero-order chi connectivity index (χ0) is 18.1. The molecule has 4 nitrogen and oxygen atoms in total. The summed E-state index contributed by atoms with van der Waals surface area (Å²) in [7, 11) is 0. The summed E-state index contributed by atoms with van der Waals surface area (Å²) < 4.78 is 5.58. The van der Waals surface area contributed by atoms with Gasteiger partial charge in [0.05, 0.1) is 18.9 Å². The Labute approximate surface area is 159 Å². The number of hydrogen-bond acceptors (Lipinski definition) is 4. The monoisotopic (exact) mass is 357 g/mol. The van der Waals surface area contributed by atoms with Gasteiger partial charge >= 0.3 is 0 Å². The third kappa shape index (κ3) is 3.10. The molecule has 136 valence electrons. The second-order valence-corrected chi connectivity index (χ2v) is 7.17. The molecular weight excluding hydrogens is 334 g/mol. The summed E-state index contributed by atoms with van der Waals surface area (Å²) in [6.45, 7) is 3.30. The highest BCUT2D eigenvalue weighted by Crippen LogP contribution is 2.37. The topological polar surface area (TPSA) is 38.2 Å². The molecule has 0 bridgehead atoms. The minimum Gasteiger partial charge on any atom is -0.378 e. The van der Waals surface area contributed by atoms with Crippen LogP contribution >= 0.6 is 0 Å². The lowest BCUT2D eigenvalue weighted by atomic mass is 10.0. The van der Waals surface area contributed by atoms with Crippen molar-refractivity contribution in [3.05, 3.63) is 65.7 Å². The number of nitrogens with zero attached hydrogens (tertiary/aromatic N) is 3. The third-order valence-corrected chi connectivity index (χ3v) is 5.47. The molecule has 2 aromatic carbocycles. The molecule has 0 N–H and O–H groups in total. The third-order valence-electron chi connectivity index (χ3n) is 5.47. The molecule has 1 aromatic heterocycles. The van der Waals surface area contributed by atoms with Gasteiger partial charge in [0.1, 0.15) is 5.82 Å². The van der Waals surface area contributed by atoms with Crippen molar-refractivity contribution in [1.82, 2.24) is 9.97 Å². The summed E-state index contributed by atoms with van der Waals surface area (Å²) in [5.74, 6) is 1.91. The van der Waals surface area contributed by atoms with Crippen molar-refractivity contribution in [3.63, 3.8) is 0 Å². The summed E-state index contributed by atoms with van der Waals surface area (Å²) in [5.41, 5.74) is 6.12. The standard InChI is InChI=1S/C23H23N3O/c1-2-8-18(9-3-1)22-24-21-19-11-5-4-7-17(19)10-6-12-20(21)23(25-22)26-13-15-27-16-14-26/h1-5,7-9,11H,6,10,12-16H2. The summed E-state index contributed by atoms with van der Waals surface area (Å²) in [6, 6.07) is 19.0. The van der Waals surface area contributed by atoms with Crippen LogP contribution in [0.4, 0.5) is 5.82 Å². The predicted molar refractivity (Wildman–Crippen MR) is 108 cm³/mol. The number of rotatable bonds is 2. The molecule has 27 heavy (non-hydrogen) atoms. The minimum atomic E-state index is 0.760. The fraction of sp³-hybridized carbons (Fsp3) is 0.304. The Hall–Kier alpha value is -2.72. The number of hydrogen-bond donors (Lipinski definition) is 0. The van der Waals surface area contributed by atoms with Crippen LogP contribution in [0.1, 0.15) is 17.5 Å². The summed E-state index contributed by atoms with van der Waals surface area (Å²) in [5, 5.41) is 0. The summed E-state index contributed by atoms with van der Waals surface area (Å²) in [6.07, 6.45) is 3.25. The molecule has 0 saturated carbocycles. The Morgan fingerprint density at radius 2 is 1.59 bits per heavy atom. The quantitative estimate of drug-likeness (QED) is 0.691. The molecular formula is C23H23N3O. The number of aryl methyl sites for hydroxylation is 1. The summed E-state index contributed by atoms with van der Waals surface area (Å²) in [4.78, 5) is 12.5. The molecule has 1 aliphatic carbocycles. The molecule has 0 amide bonds. The number of morpholine rings is 1. The fourth-order valence-corrected chi connectivity index (χ4v) is 4.10. The Balaban J connectivity index is 1.74. The van der Waals surface area contributed by atoms with Gasteiger partial charge in [0, 0.05) is 29.8 Å². The lowest BCUT2D eigenvalue weighted by Gasteiger charge is -2.30. The number of ether oxygens (including phenoxy) is 1. The maximum atomic E-state index is 5.58. The van der Waals surface area contributed by atoms with Crippen molar-refractivity contribution in [2.24, 2.45) is 0 Å². The van der Waals surface area contributed by atoms with Crippen LogP contribution in [0.3, 0.4) is 0 Å². The minimum absolute atomic E-state index is 0.760. The molecule has 5 rings (SSSR count). The lowest BCUT2D eigenvalue weighted by Crippen LogP contribution is -2.37. The Morgan fingerprint density at radius 3 is 2.44 bits per heavy atom. The van der Waals surface area contributed by atoms with E-state index in [-0.39, 0.29) is 0 Å². The fourth-order valence-electron chi connectivity index (χ4n) is 4.10. The van der Waals surface area contributed by atoms with E-state index < -0.39 is 0 Å².